The molecule has 0 unspecified atom stereocenters. The summed E-state index contributed by atoms with van der Waals surface area (Å²) in [5.74, 6) is 0.164. The number of aromatic nitrogens is 4. The minimum Gasteiger partial charge on any atom is -0.389 e. The third kappa shape index (κ3) is 3.12. The molecular formula is C15H16ClN5O3S2. The monoisotopic (exact) mass is 413 g/mol. The van der Waals surface area contributed by atoms with Gasteiger partial charge in [-0.1, -0.05) is 11.6 Å². The van der Waals surface area contributed by atoms with Gasteiger partial charge >= 0.3 is 0 Å². The fourth-order valence-electron chi connectivity index (χ4n) is 3.17. The Labute approximate surface area is 159 Å². The Hall–Kier alpha value is -1.59. The summed E-state index contributed by atoms with van der Waals surface area (Å²) < 4.78 is 28.8. The number of rotatable bonds is 4. The first-order valence-corrected chi connectivity index (χ1v) is 10.7. The van der Waals surface area contributed by atoms with Crippen LogP contribution < -0.4 is 0 Å². The quantitative estimate of drug-likeness (QED) is 0.701. The number of hydrogen-bond acceptors (Lipinski definition) is 7. The lowest BCUT2D eigenvalue weighted by atomic mass is 9.91. The highest BCUT2D eigenvalue weighted by atomic mass is 35.5. The molecule has 0 amide bonds. The lowest BCUT2D eigenvalue weighted by Gasteiger charge is -2.31. The standard InChI is InChI=1S/C15H16ClN5O3S2/c16-12-5-13-18-9-19-21(13)7-11(12)10-1-3-20(4-2-10)26(23,24)15-6-17-14(8-22)25-15/h5-7,9-10,22H,1-4,8H2. The third-order valence-corrected chi connectivity index (χ3v) is 8.19. The van der Waals surface area contributed by atoms with Crippen molar-refractivity contribution >= 4 is 38.6 Å². The molecule has 0 aromatic carbocycles. The van der Waals surface area contributed by atoms with Crippen LogP contribution in [-0.2, 0) is 16.6 Å². The summed E-state index contributed by atoms with van der Waals surface area (Å²) in [4.78, 5) is 8.03. The number of nitrogens with zero attached hydrogens (tertiary/aromatic N) is 5. The van der Waals surface area contributed by atoms with E-state index in [0.717, 1.165) is 16.9 Å². The second kappa shape index (κ2) is 6.86. The van der Waals surface area contributed by atoms with E-state index in [-0.39, 0.29) is 16.7 Å². The summed E-state index contributed by atoms with van der Waals surface area (Å²) in [7, 11) is -3.58. The average Bonchev–Trinajstić information content (AvgIpc) is 3.30. The molecule has 4 rings (SSSR count). The van der Waals surface area contributed by atoms with E-state index in [1.165, 1.54) is 16.8 Å². The van der Waals surface area contributed by atoms with Gasteiger partial charge in [-0.25, -0.2) is 22.9 Å². The molecule has 4 heterocycles. The number of pyridine rings is 1. The van der Waals surface area contributed by atoms with E-state index >= 15 is 0 Å². The number of halogens is 1. The van der Waals surface area contributed by atoms with Crippen LogP contribution in [0.5, 0.6) is 0 Å². The van der Waals surface area contributed by atoms with Crippen molar-refractivity contribution < 1.29 is 13.5 Å². The number of piperidine rings is 1. The van der Waals surface area contributed by atoms with Crippen LogP contribution in [-0.4, -0.2) is 50.5 Å². The molecule has 138 valence electrons. The highest BCUT2D eigenvalue weighted by molar-refractivity contribution is 7.91. The van der Waals surface area contributed by atoms with Crippen LogP contribution in [0.4, 0.5) is 0 Å². The molecule has 3 aromatic heterocycles. The Morgan fingerprint density at radius 1 is 1.31 bits per heavy atom. The maximum Gasteiger partial charge on any atom is 0.254 e. The molecule has 0 spiro atoms. The Balaban J connectivity index is 1.52. The second-order valence-electron chi connectivity index (χ2n) is 6.05. The minimum absolute atomic E-state index is 0.164. The zero-order valence-electron chi connectivity index (χ0n) is 13.6. The summed E-state index contributed by atoms with van der Waals surface area (Å²) >= 11 is 7.40. The van der Waals surface area contributed by atoms with Gasteiger partial charge in [0.25, 0.3) is 10.0 Å². The first kappa shape index (κ1) is 17.8. The molecule has 1 fully saturated rings. The maximum atomic E-state index is 12.7. The van der Waals surface area contributed by atoms with Crippen molar-refractivity contribution in [1.29, 1.82) is 0 Å². The van der Waals surface area contributed by atoms with Gasteiger partial charge in [0, 0.05) is 30.4 Å². The van der Waals surface area contributed by atoms with Gasteiger partial charge in [-0.2, -0.15) is 9.40 Å². The molecule has 0 atom stereocenters. The first-order valence-electron chi connectivity index (χ1n) is 8.03. The Kier molecular flexibility index (Phi) is 4.70. The van der Waals surface area contributed by atoms with Gasteiger partial charge in [0.1, 0.15) is 11.3 Å². The molecule has 0 saturated carbocycles. The van der Waals surface area contributed by atoms with Gasteiger partial charge in [-0.15, -0.1) is 11.3 Å². The summed E-state index contributed by atoms with van der Waals surface area (Å²) in [6.45, 7) is 0.557. The molecule has 1 N–H and O–H groups in total. The topological polar surface area (TPSA) is 101 Å². The third-order valence-electron chi connectivity index (χ3n) is 4.55. The van der Waals surface area contributed by atoms with Crippen molar-refractivity contribution in [2.24, 2.45) is 0 Å². The van der Waals surface area contributed by atoms with E-state index < -0.39 is 10.0 Å². The van der Waals surface area contributed by atoms with Gasteiger partial charge in [-0.3, -0.25) is 0 Å². The molecule has 8 nitrogen and oxygen atoms in total. The summed E-state index contributed by atoms with van der Waals surface area (Å²) in [6, 6.07) is 1.78. The number of fused-ring (bicyclic) bond motifs is 1. The average molecular weight is 414 g/mol. The van der Waals surface area contributed by atoms with E-state index in [2.05, 4.69) is 15.1 Å². The Bertz CT molecular complexity index is 1040. The molecule has 1 aliphatic heterocycles. The number of thiazole rings is 1. The normalized spacial score (nSPS) is 17.2. The van der Waals surface area contributed by atoms with Gasteiger partial charge < -0.3 is 5.11 Å². The van der Waals surface area contributed by atoms with Crippen molar-refractivity contribution in [1.82, 2.24) is 23.9 Å². The molecule has 0 bridgehead atoms. The molecule has 0 aliphatic carbocycles. The predicted octanol–water partition coefficient (Wildman–Crippen LogP) is 1.90. The smallest absolute Gasteiger partial charge is 0.254 e. The van der Waals surface area contributed by atoms with E-state index in [1.807, 2.05) is 6.20 Å². The second-order valence-corrected chi connectivity index (χ2v) is 9.74. The van der Waals surface area contributed by atoms with E-state index in [4.69, 9.17) is 16.7 Å². The van der Waals surface area contributed by atoms with Crippen LogP contribution in [0.1, 0.15) is 29.3 Å². The van der Waals surface area contributed by atoms with E-state index in [0.29, 0.717) is 41.6 Å². The van der Waals surface area contributed by atoms with Crippen LogP contribution in [0.3, 0.4) is 0 Å². The highest BCUT2D eigenvalue weighted by Gasteiger charge is 2.32. The number of aliphatic hydroxyl groups is 1. The van der Waals surface area contributed by atoms with Crippen molar-refractivity contribution in [2.45, 2.75) is 29.6 Å². The first-order chi connectivity index (χ1) is 12.5. The highest BCUT2D eigenvalue weighted by Crippen LogP contribution is 2.35. The zero-order chi connectivity index (χ0) is 18.3. The van der Waals surface area contributed by atoms with Crippen molar-refractivity contribution in [3.8, 4) is 0 Å². The predicted molar refractivity (Wildman–Crippen MR) is 96.8 cm³/mol. The van der Waals surface area contributed by atoms with E-state index in [9.17, 15) is 8.42 Å². The lowest BCUT2D eigenvalue weighted by Crippen LogP contribution is -2.37. The van der Waals surface area contributed by atoms with Crippen molar-refractivity contribution in [2.75, 3.05) is 13.1 Å². The summed E-state index contributed by atoms with van der Waals surface area (Å²) in [5.41, 5.74) is 1.64. The van der Waals surface area contributed by atoms with Gasteiger partial charge in [0.15, 0.2) is 9.86 Å². The van der Waals surface area contributed by atoms with Crippen LogP contribution in [0, 0.1) is 0 Å². The fourth-order valence-corrected chi connectivity index (χ4v) is 6.14. The van der Waals surface area contributed by atoms with Crippen LogP contribution >= 0.6 is 22.9 Å². The Morgan fingerprint density at radius 3 is 2.77 bits per heavy atom. The molecule has 1 saturated heterocycles. The molecule has 11 heteroatoms. The number of aliphatic hydroxyl groups excluding tert-OH is 1. The van der Waals surface area contributed by atoms with Crippen molar-refractivity contribution in [3.05, 3.63) is 40.4 Å². The largest absolute Gasteiger partial charge is 0.389 e. The SMILES string of the molecule is O=S(=O)(c1cnc(CO)s1)N1CCC(c2cn3ncnc3cc2Cl)CC1. The fraction of sp³-hybridized carbons (Fsp3) is 0.400. The van der Waals surface area contributed by atoms with Gasteiger partial charge in [0.05, 0.1) is 12.8 Å². The van der Waals surface area contributed by atoms with Gasteiger partial charge in [-0.05, 0) is 24.3 Å². The molecule has 1 aliphatic rings. The molecule has 0 radical (unpaired) electrons. The minimum atomic E-state index is -3.58. The van der Waals surface area contributed by atoms with Crippen LogP contribution in [0.15, 0.2) is 29.0 Å². The van der Waals surface area contributed by atoms with Gasteiger partial charge in [0.2, 0.25) is 0 Å². The number of sulfonamides is 1. The number of hydrogen-bond donors (Lipinski definition) is 1. The summed E-state index contributed by atoms with van der Waals surface area (Å²) in [6.07, 6.45) is 6.00. The lowest BCUT2D eigenvalue weighted by molar-refractivity contribution is 0.281. The molecule has 3 aromatic rings. The maximum absolute atomic E-state index is 12.7. The zero-order valence-corrected chi connectivity index (χ0v) is 16.0. The molecular weight excluding hydrogens is 398 g/mol. The molecule has 26 heavy (non-hydrogen) atoms. The Morgan fingerprint density at radius 2 is 2.08 bits per heavy atom. The van der Waals surface area contributed by atoms with Crippen LogP contribution in [0.2, 0.25) is 5.02 Å². The van der Waals surface area contributed by atoms with Crippen LogP contribution in [0.25, 0.3) is 5.65 Å². The summed E-state index contributed by atoms with van der Waals surface area (Å²) in [5, 5.41) is 14.2. The van der Waals surface area contributed by atoms with E-state index in [1.54, 1.807) is 10.6 Å². The van der Waals surface area contributed by atoms with Crippen molar-refractivity contribution in [3.63, 3.8) is 0 Å².